The molecule has 5 rings (SSSR count). The SMILES string of the molecule is COc1ccccc1CN1COc2cc(C)c3c(c2C1)O/C(=C\c1ccc(OC)c(OC)c1OC)C3=O. The summed E-state index contributed by atoms with van der Waals surface area (Å²) in [4.78, 5) is 15.6. The summed E-state index contributed by atoms with van der Waals surface area (Å²) in [5.74, 6) is 3.53. The van der Waals surface area contributed by atoms with Crippen LogP contribution in [0.5, 0.6) is 34.5 Å². The molecule has 3 aromatic carbocycles. The lowest BCUT2D eigenvalue weighted by atomic mass is 9.98. The van der Waals surface area contributed by atoms with Crippen molar-refractivity contribution in [2.24, 2.45) is 0 Å². The second kappa shape index (κ2) is 10.1. The van der Waals surface area contributed by atoms with Crippen LogP contribution in [0.15, 0.2) is 48.2 Å². The fourth-order valence-electron chi connectivity index (χ4n) is 4.83. The Morgan fingerprint density at radius 1 is 0.946 bits per heavy atom. The maximum Gasteiger partial charge on any atom is 0.232 e. The first-order chi connectivity index (χ1) is 18.0. The lowest BCUT2D eigenvalue weighted by Crippen LogP contribution is -2.32. The van der Waals surface area contributed by atoms with Gasteiger partial charge in [-0.1, -0.05) is 18.2 Å². The third kappa shape index (κ3) is 4.34. The number of Topliss-reactive ketones (excluding diaryl/α,β-unsaturated/α-hetero) is 1. The Hall–Kier alpha value is -4.17. The first kappa shape index (κ1) is 24.5. The number of ketones is 1. The predicted octanol–water partition coefficient (Wildman–Crippen LogP) is 5.00. The van der Waals surface area contributed by atoms with Gasteiger partial charge >= 0.3 is 0 Å². The molecule has 0 fully saturated rings. The Kier molecular flexibility index (Phi) is 6.67. The van der Waals surface area contributed by atoms with Crippen molar-refractivity contribution in [3.8, 4) is 34.5 Å². The summed E-state index contributed by atoms with van der Waals surface area (Å²) in [6.45, 7) is 3.51. The van der Waals surface area contributed by atoms with Crippen LogP contribution >= 0.6 is 0 Å². The minimum Gasteiger partial charge on any atom is -0.496 e. The summed E-state index contributed by atoms with van der Waals surface area (Å²) >= 11 is 0. The van der Waals surface area contributed by atoms with Crippen LogP contribution in [-0.4, -0.2) is 45.9 Å². The van der Waals surface area contributed by atoms with Crippen molar-refractivity contribution in [1.82, 2.24) is 4.90 Å². The number of methoxy groups -OCH3 is 4. The van der Waals surface area contributed by atoms with Gasteiger partial charge in [0.25, 0.3) is 0 Å². The number of rotatable bonds is 7. The molecule has 8 nitrogen and oxygen atoms in total. The highest BCUT2D eigenvalue weighted by molar-refractivity contribution is 6.16. The van der Waals surface area contributed by atoms with Crippen molar-refractivity contribution in [2.75, 3.05) is 35.2 Å². The normalized spacial score (nSPS) is 15.5. The number of fused-ring (bicyclic) bond motifs is 3. The number of hydrogen-bond acceptors (Lipinski definition) is 8. The molecule has 2 aliphatic heterocycles. The Balaban J connectivity index is 1.49. The number of nitrogens with zero attached hydrogens (tertiary/aromatic N) is 1. The molecule has 0 N–H and O–H groups in total. The van der Waals surface area contributed by atoms with E-state index in [1.807, 2.05) is 37.3 Å². The second-order valence-electron chi connectivity index (χ2n) is 8.81. The largest absolute Gasteiger partial charge is 0.496 e. The number of allylic oxidation sites excluding steroid dienone is 1. The van der Waals surface area contributed by atoms with Gasteiger partial charge in [-0.05, 0) is 42.8 Å². The standard InChI is InChI=1S/C29H29NO7/c1-17-12-23-20(15-30(16-36-23)14-19-8-6-7-9-21(19)32-2)28-25(17)26(31)24(37-28)13-18-10-11-22(33-3)29(35-5)27(18)34-4/h6-13H,14-16H2,1-5H3/b24-13-. The monoisotopic (exact) mass is 503 g/mol. The first-order valence-electron chi connectivity index (χ1n) is 11.9. The third-order valence-electron chi connectivity index (χ3n) is 6.60. The lowest BCUT2D eigenvalue weighted by Gasteiger charge is -2.30. The Labute approximate surface area is 215 Å². The first-order valence-corrected chi connectivity index (χ1v) is 11.9. The van der Waals surface area contributed by atoms with Crippen molar-refractivity contribution in [3.63, 3.8) is 0 Å². The van der Waals surface area contributed by atoms with Crippen molar-refractivity contribution < 1.29 is 33.2 Å². The molecular weight excluding hydrogens is 474 g/mol. The van der Waals surface area contributed by atoms with Gasteiger partial charge < -0.3 is 28.4 Å². The Morgan fingerprint density at radius 2 is 1.70 bits per heavy atom. The van der Waals surface area contributed by atoms with Crippen LogP contribution in [0.4, 0.5) is 0 Å². The molecule has 8 heteroatoms. The molecule has 192 valence electrons. The van der Waals surface area contributed by atoms with Crippen molar-refractivity contribution in [3.05, 3.63) is 76.0 Å². The zero-order valence-corrected chi connectivity index (χ0v) is 21.5. The fraction of sp³-hybridized carbons (Fsp3) is 0.276. The van der Waals surface area contributed by atoms with Crippen LogP contribution in [0.3, 0.4) is 0 Å². The van der Waals surface area contributed by atoms with Crippen LogP contribution in [0, 0.1) is 6.92 Å². The molecule has 0 amide bonds. The van der Waals surface area contributed by atoms with E-state index in [-0.39, 0.29) is 11.5 Å². The van der Waals surface area contributed by atoms with Gasteiger partial charge in [-0.15, -0.1) is 0 Å². The zero-order valence-electron chi connectivity index (χ0n) is 21.5. The van der Waals surface area contributed by atoms with E-state index in [0.29, 0.717) is 53.9 Å². The van der Waals surface area contributed by atoms with Crippen molar-refractivity contribution in [2.45, 2.75) is 20.0 Å². The maximum atomic E-state index is 13.5. The Morgan fingerprint density at radius 3 is 2.43 bits per heavy atom. The number of carbonyl (C=O) groups excluding carboxylic acids is 1. The maximum absolute atomic E-state index is 13.5. The zero-order chi connectivity index (χ0) is 26.1. The highest BCUT2D eigenvalue weighted by Crippen LogP contribution is 2.46. The molecule has 0 aliphatic carbocycles. The van der Waals surface area contributed by atoms with E-state index < -0.39 is 0 Å². The van der Waals surface area contributed by atoms with E-state index in [1.165, 1.54) is 7.11 Å². The van der Waals surface area contributed by atoms with Gasteiger partial charge in [0, 0.05) is 24.2 Å². The quantitative estimate of drug-likeness (QED) is 0.417. The molecule has 2 aliphatic rings. The smallest absolute Gasteiger partial charge is 0.232 e. The minimum atomic E-state index is -0.186. The van der Waals surface area contributed by atoms with Gasteiger partial charge in [0.05, 0.1) is 39.6 Å². The van der Waals surface area contributed by atoms with Crippen molar-refractivity contribution in [1.29, 1.82) is 0 Å². The molecule has 3 aromatic rings. The molecule has 0 spiro atoms. The summed E-state index contributed by atoms with van der Waals surface area (Å²) in [6.07, 6.45) is 1.67. The topological polar surface area (TPSA) is 75.7 Å². The van der Waals surface area contributed by atoms with Crippen LogP contribution in [0.2, 0.25) is 0 Å². The van der Waals surface area contributed by atoms with E-state index in [9.17, 15) is 4.79 Å². The molecule has 0 bridgehead atoms. The summed E-state index contributed by atoms with van der Waals surface area (Å²) < 4.78 is 34.3. The number of ether oxygens (including phenoxy) is 6. The second-order valence-corrected chi connectivity index (χ2v) is 8.81. The molecule has 0 saturated heterocycles. The predicted molar refractivity (Wildman–Crippen MR) is 138 cm³/mol. The highest BCUT2D eigenvalue weighted by Gasteiger charge is 2.36. The summed E-state index contributed by atoms with van der Waals surface area (Å²) in [5, 5.41) is 0. The van der Waals surface area contributed by atoms with E-state index in [1.54, 1.807) is 39.5 Å². The average Bonchev–Trinajstić information content (AvgIpc) is 3.25. The van der Waals surface area contributed by atoms with E-state index in [4.69, 9.17) is 28.4 Å². The van der Waals surface area contributed by atoms with Crippen LogP contribution < -0.4 is 28.4 Å². The molecule has 0 aromatic heterocycles. The third-order valence-corrected chi connectivity index (χ3v) is 6.60. The van der Waals surface area contributed by atoms with Gasteiger partial charge in [-0.2, -0.15) is 0 Å². The number of hydrogen-bond donors (Lipinski definition) is 0. The van der Waals surface area contributed by atoms with Crippen molar-refractivity contribution >= 4 is 11.9 Å². The van der Waals surface area contributed by atoms with Gasteiger partial charge in [0.1, 0.15) is 24.0 Å². The van der Waals surface area contributed by atoms with Gasteiger partial charge in [0.2, 0.25) is 11.5 Å². The summed E-state index contributed by atoms with van der Waals surface area (Å²) in [7, 11) is 6.30. The molecule has 0 saturated carbocycles. The van der Waals surface area contributed by atoms with E-state index in [2.05, 4.69) is 4.90 Å². The molecule has 0 unspecified atom stereocenters. The van der Waals surface area contributed by atoms with Crippen LogP contribution in [0.1, 0.15) is 32.6 Å². The number of para-hydroxylation sites is 1. The van der Waals surface area contributed by atoms with Gasteiger partial charge in [0.15, 0.2) is 17.3 Å². The number of benzene rings is 3. The molecule has 37 heavy (non-hydrogen) atoms. The molecule has 0 radical (unpaired) electrons. The van der Waals surface area contributed by atoms with Crippen LogP contribution in [0.25, 0.3) is 6.08 Å². The number of aryl methyl sites for hydroxylation is 1. The van der Waals surface area contributed by atoms with Gasteiger partial charge in [-0.25, -0.2) is 0 Å². The van der Waals surface area contributed by atoms with E-state index in [0.717, 1.165) is 28.2 Å². The summed E-state index contributed by atoms with van der Waals surface area (Å²) in [6, 6.07) is 13.4. The highest BCUT2D eigenvalue weighted by atomic mass is 16.5. The molecule has 2 heterocycles. The van der Waals surface area contributed by atoms with Gasteiger partial charge in [-0.3, -0.25) is 9.69 Å². The molecular formula is C29H29NO7. The van der Waals surface area contributed by atoms with Crippen LogP contribution in [-0.2, 0) is 13.1 Å². The summed E-state index contributed by atoms with van der Waals surface area (Å²) in [5.41, 5.74) is 3.89. The fourth-order valence-corrected chi connectivity index (χ4v) is 4.83. The minimum absolute atomic E-state index is 0.186. The molecule has 0 atom stereocenters. The lowest BCUT2D eigenvalue weighted by molar-refractivity contribution is 0.0864. The van der Waals surface area contributed by atoms with E-state index >= 15 is 0 Å². The average molecular weight is 504 g/mol. The number of carbonyl (C=O) groups is 1. The Bertz CT molecular complexity index is 1400.